The van der Waals surface area contributed by atoms with E-state index in [9.17, 15) is 9.90 Å². The predicted octanol–water partition coefficient (Wildman–Crippen LogP) is 2.09. The monoisotopic (exact) mass is 351 g/mol. The van der Waals surface area contributed by atoms with Gasteiger partial charge in [-0.3, -0.25) is 20.1 Å². The van der Waals surface area contributed by atoms with Crippen molar-refractivity contribution in [3.05, 3.63) is 47.6 Å². The fraction of sp³-hybridized carbons (Fsp3) is 0.222. The molecule has 0 radical (unpaired) electrons. The zero-order chi connectivity index (χ0) is 18.5. The average Bonchev–Trinajstić information content (AvgIpc) is 2.68. The third kappa shape index (κ3) is 3.28. The number of aromatic hydroxyl groups is 1. The number of phenolic OH excluding ortho intramolecular Hbond substituents is 1. The highest BCUT2D eigenvalue weighted by molar-refractivity contribution is 6.13. The number of hydrogen-bond donors (Lipinski definition) is 3. The number of methoxy groups -OCH3 is 1. The van der Waals surface area contributed by atoms with Crippen molar-refractivity contribution in [2.45, 2.75) is 6.42 Å². The Morgan fingerprint density at radius 1 is 1.42 bits per heavy atom. The molecule has 1 aliphatic rings. The molecule has 0 fully saturated rings. The Labute approximate surface area is 150 Å². The number of aromatic nitrogens is 1. The summed E-state index contributed by atoms with van der Waals surface area (Å²) in [5.41, 5.74) is 0.886. The number of carbonyl (C=O) groups excluding carboxylic acids is 1. The third-order valence-electron chi connectivity index (χ3n) is 3.91. The first-order valence-corrected chi connectivity index (χ1v) is 7.97. The number of pyridine rings is 1. The molecule has 3 N–H and O–H groups in total. The van der Waals surface area contributed by atoms with Gasteiger partial charge in [0, 0.05) is 36.6 Å². The van der Waals surface area contributed by atoms with Gasteiger partial charge >= 0.3 is 0 Å². The van der Waals surface area contributed by atoms with Gasteiger partial charge in [-0.15, -0.1) is 0 Å². The van der Waals surface area contributed by atoms with Crippen LogP contribution in [-0.2, 0) is 0 Å². The molecule has 1 aromatic heterocycles. The first-order valence-electron chi connectivity index (χ1n) is 7.97. The molecule has 8 heteroatoms. The second-order valence-corrected chi connectivity index (χ2v) is 5.51. The molecule has 0 saturated heterocycles. The lowest BCUT2D eigenvalue weighted by molar-refractivity contribution is 0.0973. The Balaban J connectivity index is 2.14. The number of benzene rings is 1. The van der Waals surface area contributed by atoms with Gasteiger partial charge in [-0.1, -0.05) is 6.07 Å². The van der Waals surface area contributed by atoms with Crippen LogP contribution in [0.15, 0.2) is 35.6 Å². The number of nitrogens with zero attached hydrogens (tertiary/aromatic N) is 3. The molecular formula is C18H17N5O3. The van der Waals surface area contributed by atoms with E-state index in [-0.39, 0.29) is 22.6 Å². The quantitative estimate of drug-likeness (QED) is 0.735. The van der Waals surface area contributed by atoms with E-state index < -0.39 is 5.91 Å². The summed E-state index contributed by atoms with van der Waals surface area (Å²) in [5, 5.41) is 16.0. The summed E-state index contributed by atoms with van der Waals surface area (Å²) < 4.78 is 5.33. The van der Waals surface area contributed by atoms with Crippen molar-refractivity contribution < 1.29 is 14.6 Å². The van der Waals surface area contributed by atoms with Gasteiger partial charge in [0.05, 0.1) is 19.2 Å². The van der Waals surface area contributed by atoms with E-state index >= 15 is 0 Å². The minimum absolute atomic E-state index is 0.0279. The number of aliphatic imine (C=N–C) groups is 1. The van der Waals surface area contributed by atoms with E-state index in [0.717, 1.165) is 6.42 Å². The molecule has 0 saturated carbocycles. The maximum atomic E-state index is 12.8. The van der Waals surface area contributed by atoms with E-state index in [2.05, 4.69) is 25.5 Å². The second-order valence-electron chi connectivity index (χ2n) is 5.51. The number of guanidine groups is 1. The lowest BCUT2D eigenvalue weighted by Gasteiger charge is -2.18. The molecule has 0 spiro atoms. The van der Waals surface area contributed by atoms with Crippen LogP contribution in [0.5, 0.6) is 11.5 Å². The van der Waals surface area contributed by atoms with E-state index in [1.54, 1.807) is 12.3 Å². The van der Waals surface area contributed by atoms with Gasteiger partial charge < -0.3 is 15.2 Å². The van der Waals surface area contributed by atoms with Crippen LogP contribution in [0.4, 0.5) is 5.69 Å². The number of rotatable bonds is 3. The summed E-state index contributed by atoms with van der Waals surface area (Å²) in [7, 11) is 1.49. The van der Waals surface area contributed by atoms with Crippen molar-refractivity contribution >= 4 is 17.6 Å². The third-order valence-corrected chi connectivity index (χ3v) is 3.91. The minimum Gasteiger partial charge on any atom is -0.507 e. The molecule has 8 nitrogen and oxygen atoms in total. The van der Waals surface area contributed by atoms with Gasteiger partial charge in [0.15, 0.2) is 11.6 Å². The molecule has 0 atom stereocenters. The Bertz CT molecular complexity index is 918. The largest absolute Gasteiger partial charge is 0.507 e. The van der Waals surface area contributed by atoms with Gasteiger partial charge in [0.1, 0.15) is 11.5 Å². The number of hydrogen-bond acceptors (Lipinski definition) is 6. The van der Waals surface area contributed by atoms with E-state index in [4.69, 9.17) is 11.3 Å². The maximum absolute atomic E-state index is 12.8. The molecule has 1 amide bonds. The summed E-state index contributed by atoms with van der Waals surface area (Å²) in [6.07, 6.45) is 3.93. The second kappa shape index (κ2) is 7.53. The first-order chi connectivity index (χ1) is 12.7. The van der Waals surface area contributed by atoms with Crippen LogP contribution < -0.4 is 15.4 Å². The molecular weight excluding hydrogens is 334 g/mol. The van der Waals surface area contributed by atoms with Crippen molar-refractivity contribution in [1.82, 2.24) is 15.6 Å². The Morgan fingerprint density at radius 2 is 2.27 bits per heavy atom. The van der Waals surface area contributed by atoms with E-state index in [1.807, 2.05) is 0 Å². The molecule has 26 heavy (non-hydrogen) atoms. The van der Waals surface area contributed by atoms with Crippen LogP contribution in [-0.4, -0.2) is 42.2 Å². The van der Waals surface area contributed by atoms with Crippen LogP contribution in [0.2, 0.25) is 0 Å². The molecule has 1 aromatic carbocycles. The summed E-state index contributed by atoms with van der Waals surface area (Å²) in [5.74, 6) is -0.0232. The summed E-state index contributed by atoms with van der Waals surface area (Å²) in [6.45, 7) is 8.75. The van der Waals surface area contributed by atoms with Crippen molar-refractivity contribution in [2.24, 2.45) is 4.99 Å². The molecule has 3 rings (SSSR count). The number of carbonyl (C=O) groups is 1. The zero-order valence-electron chi connectivity index (χ0n) is 14.1. The van der Waals surface area contributed by atoms with Crippen molar-refractivity contribution in [3.63, 3.8) is 0 Å². The summed E-state index contributed by atoms with van der Waals surface area (Å²) in [4.78, 5) is 24.6. The Kier molecular flexibility index (Phi) is 4.99. The summed E-state index contributed by atoms with van der Waals surface area (Å²) in [6, 6.07) is 4.41. The van der Waals surface area contributed by atoms with Crippen LogP contribution in [0.25, 0.3) is 16.0 Å². The van der Waals surface area contributed by atoms with E-state index in [1.165, 1.54) is 25.4 Å². The molecule has 132 valence electrons. The average molecular weight is 351 g/mol. The lowest BCUT2D eigenvalue weighted by Crippen LogP contribution is -2.43. The predicted molar refractivity (Wildman–Crippen MR) is 96.5 cm³/mol. The highest BCUT2D eigenvalue weighted by atomic mass is 16.5. The van der Waals surface area contributed by atoms with Crippen LogP contribution in [0.3, 0.4) is 0 Å². The van der Waals surface area contributed by atoms with Gasteiger partial charge in [-0.05, 0) is 18.6 Å². The van der Waals surface area contributed by atoms with Crippen molar-refractivity contribution in [1.29, 1.82) is 0 Å². The normalized spacial score (nSPS) is 13.2. The van der Waals surface area contributed by atoms with Crippen molar-refractivity contribution in [2.75, 3.05) is 20.2 Å². The molecule has 0 bridgehead atoms. The van der Waals surface area contributed by atoms with Crippen molar-refractivity contribution in [3.8, 4) is 22.6 Å². The van der Waals surface area contributed by atoms with Gasteiger partial charge in [0.2, 0.25) is 0 Å². The Morgan fingerprint density at radius 3 is 2.96 bits per heavy atom. The van der Waals surface area contributed by atoms with Gasteiger partial charge in [0.25, 0.3) is 5.91 Å². The number of phenols is 1. The van der Waals surface area contributed by atoms with Crippen LogP contribution in [0.1, 0.15) is 16.8 Å². The lowest BCUT2D eigenvalue weighted by atomic mass is 9.96. The zero-order valence-corrected chi connectivity index (χ0v) is 14.1. The van der Waals surface area contributed by atoms with Gasteiger partial charge in [-0.25, -0.2) is 4.85 Å². The Hall–Kier alpha value is -3.60. The van der Waals surface area contributed by atoms with Crippen LogP contribution >= 0.6 is 0 Å². The smallest absolute Gasteiger partial charge is 0.261 e. The fourth-order valence-electron chi connectivity index (χ4n) is 2.71. The molecule has 0 aliphatic carbocycles. The fourth-order valence-corrected chi connectivity index (χ4v) is 2.71. The highest BCUT2D eigenvalue weighted by Gasteiger charge is 2.24. The van der Waals surface area contributed by atoms with Gasteiger partial charge in [-0.2, -0.15) is 0 Å². The highest BCUT2D eigenvalue weighted by Crippen LogP contribution is 2.41. The van der Waals surface area contributed by atoms with E-state index in [0.29, 0.717) is 30.4 Å². The minimum atomic E-state index is -0.568. The number of nitrogens with one attached hydrogen (secondary N) is 2. The maximum Gasteiger partial charge on any atom is 0.261 e. The van der Waals surface area contributed by atoms with Crippen LogP contribution in [0, 0.1) is 6.57 Å². The first kappa shape index (κ1) is 17.2. The number of ether oxygens (including phenoxy) is 1. The molecule has 1 aliphatic heterocycles. The molecule has 0 unspecified atom stereocenters. The number of amides is 1. The molecule has 2 aromatic rings. The standard InChI is InChI=1S/C18H17N5O3/c1-19-12-4-5-13(24)16(17(25)23-18-21-7-3-8-22-18)15(12)11-10-20-9-6-14(11)26-2/h4-6,9-10,24H,3,7-8H2,2H3,(H2,21,22,23,25). The topological polar surface area (TPSA) is 100 Å². The SMILES string of the molecule is [C-]#[N+]c1ccc(O)c(C(=O)NC2=NCCCN2)c1-c1cnccc1OC. The summed E-state index contributed by atoms with van der Waals surface area (Å²) >= 11 is 0. The molecule has 2 heterocycles.